The first-order valence-electron chi connectivity index (χ1n) is 9.65. The summed E-state index contributed by atoms with van der Waals surface area (Å²) in [4.78, 5) is 28.5. The summed E-state index contributed by atoms with van der Waals surface area (Å²) < 4.78 is 5.85. The molecule has 0 aliphatic heterocycles. The lowest BCUT2D eigenvalue weighted by atomic mass is 10.1. The molecule has 2 heterocycles. The lowest BCUT2D eigenvalue weighted by Crippen LogP contribution is -2.18. The number of carbonyl (C=O) groups excluding carboxylic acids is 2. The Bertz CT molecular complexity index is 1230. The number of thiazole rings is 1. The maximum Gasteiger partial charge on any atom is 0.293 e. The molecule has 0 atom stereocenters. The highest BCUT2D eigenvalue weighted by molar-refractivity contribution is 7.97. The molecule has 0 unspecified atom stereocenters. The molecule has 4 aromatic rings. The normalized spacial score (nSPS) is 10.9. The highest BCUT2D eigenvalue weighted by Crippen LogP contribution is 2.30. The van der Waals surface area contributed by atoms with Gasteiger partial charge in [0, 0.05) is 41.1 Å². The zero-order valence-electron chi connectivity index (χ0n) is 17.1. The number of anilines is 1. The van der Waals surface area contributed by atoms with Gasteiger partial charge in [-0.25, -0.2) is 4.98 Å². The van der Waals surface area contributed by atoms with E-state index in [1.165, 1.54) is 18.3 Å². The third-order valence-electron chi connectivity index (χ3n) is 4.71. The minimum Gasteiger partial charge on any atom is -0.451 e. The van der Waals surface area contributed by atoms with Crippen molar-refractivity contribution in [1.82, 2.24) is 10.3 Å². The number of fused-ring (bicyclic) bond motifs is 1. The molecule has 4 rings (SSSR count). The summed E-state index contributed by atoms with van der Waals surface area (Å²) in [5.74, 6) is 0.656. The fourth-order valence-corrected chi connectivity index (χ4v) is 4.50. The highest BCUT2D eigenvalue weighted by atomic mass is 32.2. The van der Waals surface area contributed by atoms with Crippen LogP contribution in [0.4, 0.5) is 5.13 Å². The monoisotopic (exact) mass is 451 g/mol. The molecule has 0 saturated carbocycles. The third-order valence-corrected chi connectivity index (χ3v) is 6.04. The van der Waals surface area contributed by atoms with Gasteiger partial charge in [0.2, 0.25) is 5.91 Å². The Hall–Kier alpha value is -3.10. The first kappa shape index (κ1) is 21.1. The summed E-state index contributed by atoms with van der Waals surface area (Å²) in [6.07, 6.45) is 2.00. The van der Waals surface area contributed by atoms with E-state index in [4.69, 9.17) is 4.42 Å². The van der Waals surface area contributed by atoms with E-state index in [-0.39, 0.29) is 11.8 Å². The number of thioether (sulfide) groups is 1. The van der Waals surface area contributed by atoms with Gasteiger partial charge in [-0.15, -0.1) is 11.3 Å². The molecule has 2 N–H and O–H groups in total. The molecule has 0 fully saturated rings. The first-order chi connectivity index (χ1) is 15.0. The number of amides is 2. The molecule has 2 aromatic carbocycles. The van der Waals surface area contributed by atoms with Crippen LogP contribution in [-0.2, 0) is 17.1 Å². The van der Waals surface area contributed by atoms with Crippen LogP contribution in [0.25, 0.3) is 22.2 Å². The largest absolute Gasteiger partial charge is 0.451 e. The third kappa shape index (κ3) is 4.81. The number of hydrogen-bond acceptors (Lipinski definition) is 6. The molecule has 2 amide bonds. The van der Waals surface area contributed by atoms with Crippen molar-refractivity contribution in [2.45, 2.75) is 19.2 Å². The smallest absolute Gasteiger partial charge is 0.293 e. The van der Waals surface area contributed by atoms with Crippen molar-refractivity contribution in [3.8, 4) is 11.3 Å². The summed E-state index contributed by atoms with van der Waals surface area (Å²) in [5, 5.41) is 9.02. The Kier molecular flexibility index (Phi) is 6.39. The number of hydrogen-bond donors (Lipinski definition) is 2. The van der Waals surface area contributed by atoms with Gasteiger partial charge >= 0.3 is 0 Å². The van der Waals surface area contributed by atoms with Gasteiger partial charge < -0.3 is 9.73 Å². The van der Waals surface area contributed by atoms with E-state index in [9.17, 15) is 9.59 Å². The number of aromatic nitrogens is 1. The molecule has 0 radical (unpaired) electrons. The van der Waals surface area contributed by atoms with Gasteiger partial charge in [0.25, 0.3) is 5.91 Å². The van der Waals surface area contributed by atoms with E-state index < -0.39 is 0 Å². The van der Waals surface area contributed by atoms with Crippen molar-refractivity contribution in [2.24, 2.45) is 0 Å². The van der Waals surface area contributed by atoms with Crippen LogP contribution in [0.5, 0.6) is 0 Å². The summed E-state index contributed by atoms with van der Waals surface area (Å²) >= 11 is 3.01. The zero-order chi connectivity index (χ0) is 21.8. The Morgan fingerprint density at radius 2 is 1.90 bits per heavy atom. The van der Waals surface area contributed by atoms with Crippen LogP contribution in [0, 0.1) is 0 Å². The molecule has 31 heavy (non-hydrogen) atoms. The number of nitrogens with zero attached hydrogens (tertiary/aromatic N) is 1. The molecule has 0 saturated heterocycles. The molecule has 0 bridgehead atoms. The van der Waals surface area contributed by atoms with Crippen molar-refractivity contribution >= 4 is 51.0 Å². The van der Waals surface area contributed by atoms with E-state index in [2.05, 4.69) is 15.6 Å². The maximum absolute atomic E-state index is 12.9. The topological polar surface area (TPSA) is 84.2 Å². The number of furan rings is 1. The van der Waals surface area contributed by atoms with Crippen LogP contribution >= 0.6 is 23.1 Å². The second-order valence-electron chi connectivity index (χ2n) is 6.94. The number of benzene rings is 2. The Morgan fingerprint density at radius 1 is 1.13 bits per heavy atom. The molecule has 2 aromatic heterocycles. The Labute approximate surface area is 188 Å². The minimum absolute atomic E-state index is 0.0610. The van der Waals surface area contributed by atoms with Crippen LogP contribution in [0.1, 0.15) is 28.6 Å². The molecule has 158 valence electrons. The summed E-state index contributed by atoms with van der Waals surface area (Å²) in [7, 11) is 0. The van der Waals surface area contributed by atoms with Crippen LogP contribution in [0.2, 0.25) is 0 Å². The fourth-order valence-electron chi connectivity index (χ4n) is 3.21. The fraction of sp³-hybridized carbons (Fsp3) is 0.174. The molecule has 0 aliphatic rings. The van der Waals surface area contributed by atoms with Crippen LogP contribution in [-0.4, -0.2) is 23.1 Å². The lowest BCUT2D eigenvalue weighted by molar-refractivity contribution is -0.119. The number of para-hydroxylation sites is 1. The predicted octanol–water partition coefficient (Wildman–Crippen LogP) is 5.31. The van der Waals surface area contributed by atoms with Gasteiger partial charge in [-0.1, -0.05) is 42.5 Å². The highest BCUT2D eigenvalue weighted by Gasteiger charge is 2.21. The number of rotatable bonds is 7. The molecular formula is C23H21N3O3S2. The van der Waals surface area contributed by atoms with Crippen molar-refractivity contribution in [3.05, 3.63) is 70.8 Å². The van der Waals surface area contributed by atoms with E-state index in [0.29, 0.717) is 28.8 Å². The Balaban J connectivity index is 1.50. The van der Waals surface area contributed by atoms with Gasteiger partial charge in [-0.05, 0) is 17.9 Å². The van der Waals surface area contributed by atoms with Crippen molar-refractivity contribution in [3.63, 3.8) is 0 Å². The molecule has 6 nitrogen and oxygen atoms in total. The standard InChI is InChI=1S/C23H21N3O3S2/c1-14(27)24-11-15-7-9-16(10-8-15)19-13-31-23(25-19)26-22(28)21-18(12-30-2)17-5-3-4-6-20(17)29-21/h3-10,13H,11-12H2,1-2H3,(H,24,27)(H,25,26,28). The van der Waals surface area contributed by atoms with Crippen molar-refractivity contribution < 1.29 is 14.0 Å². The van der Waals surface area contributed by atoms with E-state index in [1.54, 1.807) is 11.8 Å². The van der Waals surface area contributed by atoms with E-state index in [0.717, 1.165) is 27.8 Å². The minimum atomic E-state index is -0.299. The second kappa shape index (κ2) is 9.36. The molecule has 8 heteroatoms. The average Bonchev–Trinajstić information content (AvgIpc) is 3.38. The second-order valence-corrected chi connectivity index (χ2v) is 8.66. The van der Waals surface area contributed by atoms with Gasteiger partial charge in [0.05, 0.1) is 5.69 Å². The maximum atomic E-state index is 12.9. The van der Waals surface area contributed by atoms with Gasteiger partial charge in [-0.2, -0.15) is 11.8 Å². The lowest BCUT2D eigenvalue weighted by Gasteiger charge is -2.04. The summed E-state index contributed by atoms with van der Waals surface area (Å²) in [5.41, 5.74) is 4.33. The average molecular weight is 452 g/mol. The van der Waals surface area contributed by atoms with Crippen molar-refractivity contribution in [1.29, 1.82) is 0 Å². The first-order valence-corrected chi connectivity index (χ1v) is 11.9. The molecule has 0 spiro atoms. The summed E-state index contributed by atoms with van der Waals surface area (Å²) in [6.45, 7) is 1.98. The van der Waals surface area contributed by atoms with E-state index in [1.807, 2.05) is 60.2 Å². The number of nitrogens with one attached hydrogen (secondary N) is 2. The predicted molar refractivity (Wildman–Crippen MR) is 126 cm³/mol. The quantitative estimate of drug-likeness (QED) is 0.398. The van der Waals surface area contributed by atoms with Gasteiger partial charge in [0.1, 0.15) is 5.58 Å². The number of carbonyl (C=O) groups is 2. The zero-order valence-corrected chi connectivity index (χ0v) is 18.7. The SMILES string of the molecule is CSCc1c(C(=O)Nc2nc(-c3ccc(CNC(C)=O)cc3)cs2)oc2ccccc12. The van der Waals surface area contributed by atoms with E-state index >= 15 is 0 Å². The summed E-state index contributed by atoms with van der Waals surface area (Å²) in [6, 6.07) is 15.5. The molecular weight excluding hydrogens is 430 g/mol. The van der Waals surface area contributed by atoms with Crippen molar-refractivity contribution in [2.75, 3.05) is 11.6 Å². The Morgan fingerprint density at radius 3 is 2.65 bits per heavy atom. The van der Waals surface area contributed by atoms with Gasteiger partial charge in [0.15, 0.2) is 10.9 Å². The van der Waals surface area contributed by atoms with Crippen LogP contribution in [0.15, 0.2) is 58.3 Å². The van der Waals surface area contributed by atoms with Gasteiger partial charge in [-0.3, -0.25) is 14.9 Å². The van der Waals surface area contributed by atoms with Crippen LogP contribution < -0.4 is 10.6 Å². The van der Waals surface area contributed by atoms with Crippen LogP contribution in [0.3, 0.4) is 0 Å². The molecule has 0 aliphatic carbocycles.